The molecule has 2 aromatic carbocycles. The summed E-state index contributed by atoms with van der Waals surface area (Å²) in [7, 11) is 0. The van der Waals surface area contributed by atoms with E-state index in [0.717, 1.165) is 30.9 Å². The average Bonchev–Trinajstić information content (AvgIpc) is 2.88. The number of aliphatic imine (C=N–C) groups is 1. The monoisotopic (exact) mass is 299 g/mol. The highest BCUT2D eigenvalue weighted by atomic mass is 15.1. The summed E-state index contributed by atoms with van der Waals surface area (Å²) in [5, 5.41) is 0. The molecule has 0 atom stereocenters. The molecular formula is C20H17N3. The molecule has 112 valence electrons. The van der Waals surface area contributed by atoms with Crippen LogP contribution >= 0.6 is 0 Å². The van der Waals surface area contributed by atoms with Crippen molar-refractivity contribution in [1.82, 2.24) is 0 Å². The van der Waals surface area contributed by atoms with Gasteiger partial charge >= 0.3 is 0 Å². The van der Waals surface area contributed by atoms with Crippen LogP contribution in [0, 0.1) is 6.57 Å². The second-order valence-electron chi connectivity index (χ2n) is 5.93. The van der Waals surface area contributed by atoms with Gasteiger partial charge in [0.25, 0.3) is 0 Å². The fraction of sp³-hybridized carbons (Fsp3) is 0.200. The zero-order chi connectivity index (χ0) is 15.8. The summed E-state index contributed by atoms with van der Waals surface area (Å²) < 4.78 is 0. The smallest absolute Gasteiger partial charge is 0.187 e. The summed E-state index contributed by atoms with van der Waals surface area (Å²) in [5.41, 5.74) is 8.24. The number of allylic oxidation sites excluding steroid dienone is 1. The van der Waals surface area contributed by atoms with Crippen LogP contribution < -0.4 is 4.90 Å². The number of nitrogens with zero attached hydrogens (tertiary/aromatic N) is 3. The van der Waals surface area contributed by atoms with E-state index in [1.54, 1.807) is 0 Å². The molecule has 0 amide bonds. The maximum atomic E-state index is 7.11. The second kappa shape index (κ2) is 5.40. The fourth-order valence-corrected chi connectivity index (χ4v) is 3.48. The van der Waals surface area contributed by atoms with E-state index in [-0.39, 0.29) is 0 Å². The molecule has 4 rings (SSSR count). The van der Waals surface area contributed by atoms with E-state index in [1.807, 2.05) is 24.3 Å². The molecule has 2 aliphatic heterocycles. The quantitative estimate of drug-likeness (QED) is 0.678. The lowest BCUT2D eigenvalue weighted by Gasteiger charge is -2.26. The molecule has 2 aromatic rings. The van der Waals surface area contributed by atoms with Crippen molar-refractivity contribution in [3.63, 3.8) is 0 Å². The van der Waals surface area contributed by atoms with Crippen LogP contribution in [0.15, 0.2) is 59.1 Å². The number of hydrogen-bond acceptors (Lipinski definition) is 2. The number of anilines is 2. The number of rotatable bonds is 1. The van der Waals surface area contributed by atoms with Crippen LogP contribution in [-0.2, 0) is 0 Å². The van der Waals surface area contributed by atoms with Crippen molar-refractivity contribution in [3.8, 4) is 0 Å². The van der Waals surface area contributed by atoms with Gasteiger partial charge in [0.2, 0.25) is 0 Å². The molecule has 0 bridgehead atoms. The highest BCUT2D eigenvalue weighted by molar-refractivity contribution is 6.26. The van der Waals surface area contributed by atoms with Gasteiger partial charge in [-0.05, 0) is 37.1 Å². The highest BCUT2D eigenvalue weighted by Crippen LogP contribution is 2.40. The molecule has 0 saturated heterocycles. The molecule has 3 heteroatoms. The third kappa shape index (κ3) is 2.24. The zero-order valence-corrected chi connectivity index (χ0v) is 13.1. The predicted octanol–water partition coefficient (Wildman–Crippen LogP) is 5.01. The summed E-state index contributed by atoms with van der Waals surface area (Å²) >= 11 is 0. The van der Waals surface area contributed by atoms with Crippen molar-refractivity contribution in [2.24, 2.45) is 4.99 Å². The van der Waals surface area contributed by atoms with Crippen molar-refractivity contribution in [2.75, 3.05) is 18.0 Å². The largest absolute Gasteiger partial charge is 0.341 e. The lowest BCUT2D eigenvalue weighted by atomic mass is 9.96. The van der Waals surface area contributed by atoms with Gasteiger partial charge in [0.1, 0.15) is 0 Å². The molecular weight excluding hydrogens is 282 g/mol. The Balaban J connectivity index is 1.83. The molecule has 0 N–H and O–H groups in total. The standard InChI is InChI=1S/C20H17N3/c1-14-20-15(13-22-14)11-12-23(19-6-4-3-5-18(19)20)17-9-7-16(21-2)8-10-17/h3-10H,11-13H2,1H3. The zero-order valence-electron chi connectivity index (χ0n) is 13.1. The Hall–Kier alpha value is -2.86. The molecule has 0 saturated carbocycles. The summed E-state index contributed by atoms with van der Waals surface area (Å²) in [6.07, 6.45) is 1.02. The number of para-hydroxylation sites is 1. The third-order valence-electron chi connectivity index (χ3n) is 4.61. The van der Waals surface area contributed by atoms with Gasteiger partial charge in [0.05, 0.1) is 13.1 Å². The Morgan fingerprint density at radius 2 is 1.87 bits per heavy atom. The van der Waals surface area contributed by atoms with E-state index in [9.17, 15) is 0 Å². The van der Waals surface area contributed by atoms with Crippen molar-refractivity contribution in [2.45, 2.75) is 13.3 Å². The fourth-order valence-electron chi connectivity index (χ4n) is 3.48. The number of hydrogen-bond donors (Lipinski definition) is 0. The Bertz CT molecular complexity index is 867. The molecule has 0 unspecified atom stereocenters. The molecule has 0 radical (unpaired) electrons. The molecule has 0 aromatic heterocycles. The number of benzene rings is 2. The molecule has 3 nitrogen and oxygen atoms in total. The van der Waals surface area contributed by atoms with Crippen LogP contribution in [0.4, 0.5) is 17.1 Å². The van der Waals surface area contributed by atoms with Gasteiger partial charge in [-0.15, -0.1) is 0 Å². The van der Waals surface area contributed by atoms with Gasteiger partial charge in [-0.3, -0.25) is 4.99 Å². The van der Waals surface area contributed by atoms with Crippen LogP contribution in [0.5, 0.6) is 0 Å². The first-order chi connectivity index (χ1) is 11.3. The molecule has 2 heterocycles. The van der Waals surface area contributed by atoms with Gasteiger partial charge in [-0.25, -0.2) is 4.85 Å². The van der Waals surface area contributed by atoms with Crippen LogP contribution in [0.2, 0.25) is 0 Å². The SMILES string of the molecule is [C-]#[N+]c1ccc(N2CCC3=C(C(C)=NC3)c3ccccc32)cc1. The minimum Gasteiger partial charge on any atom is -0.341 e. The molecule has 2 aliphatic rings. The molecule has 23 heavy (non-hydrogen) atoms. The lowest BCUT2D eigenvalue weighted by molar-refractivity contribution is 0.895. The van der Waals surface area contributed by atoms with Crippen LogP contribution in [0.1, 0.15) is 18.9 Å². The molecule has 0 fully saturated rings. The van der Waals surface area contributed by atoms with Gasteiger partial charge in [-0.1, -0.05) is 30.3 Å². The normalized spacial score (nSPS) is 16.3. The van der Waals surface area contributed by atoms with Gasteiger partial charge < -0.3 is 4.90 Å². The van der Waals surface area contributed by atoms with E-state index in [2.05, 4.69) is 45.9 Å². The predicted molar refractivity (Wildman–Crippen MR) is 95.7 cm³/mol. The van der Waals surface area contributed by atoms with E-state index in [4.69, 9.17) is 6.57 Å². The summed E-state index contributed by atoms with van der Waals surface area (Å²) in [6, 6.07) is 16.4. The Morgan fingerprint density at radius 1 is 1.09 bits per heavy atom. The van der Waals surface area contributed by atoms with E-state index < -0.39 is 0 Å². The maximum absolute atomic E-state index is 7.11. The molecule has 0 aliphatic carbocycles. The molecule has 0 spiro atoms. The topological polar surface area (TPSA) is 20.0 Å². The minimum absolute atomic E-state index is 0.681. The van der Waals surface area contributed by atoms with Gasteiger partial charge in [-0.2, -0.15) is 0 Å². The van der Waals surface area contributed by atoms with Gasteiger partial charge in [0, 0.05) is 34.8 Å². The first-order valence-corrected chi connectivity index (χ1v) is 7.86. The average molecular weight is 299 g/mol. The van der Waals surface area contributed by atoms with Crippen LogP contribution in [0.3, 0.4) is 0 Å². The third-order valence-corrected chi connectivity index (χ3v) is 4.61. The highest BCUT2D eigenvalue weighted by Gasteiger charge is 2.26. The van der Waals surface area contributed by atoms with E-state index in [0.29, 0.717) is 5.69 Å². The Labute approximate surface area is 136 Å². The summed E-state index contributed by atoms with van der Waals surface area (Å²) in [5.74, 6) is 0. The van der Waals surface area contributed by atoms with Crippen molar-refractivity contribution < 1.29 is 0 Å². The van der Waals surface area contributed by atoms with Gasteiger partial charge in [0.15, 0.2) is 5.69 Å². The van der Waals surface area contributed by atoms with Crippen molar-refractivity contribution >= 4 is 28.3 Å². The first kappa shape index (κ1) is 13.8. The van der Waals surface area contributed by atoms with Crippen LogP contribution in [0.25, 0.3) is 10.4 Å². The van der Waals surface area contributed by atoms with Crippen molar-refractivity contribution in [3.05, 3.63) is 71.1 Å². The summed E-state index contributed by atoms with van der Waals surface area (Å²) in [6.45, 7) is 11.0. The Kier molecular flexibility index (Phi) is 3.24. The first-order valence-electron chi connectivity index (χ1n) is 7.86. The van der Waals surface area contributed by atoms with Crippen molar-refractivity contribution in [1.29, 1.82) is 0 Å². The van der Waals surface area contributed by atoms with E-state index >= 15 is 0 Å². The lowest BCUT2D eigenvalue weighted by Crippen LogP contribution is -2.18. The Morgan fingerprint density at radius 3 is 2.65 bits per heavy atom. The number of fused-ring (bicyclic) bond motifs is 2. The summed E-state index contributed by atoms with van der Waals surface area (Å²) in [4.78, 5) is 10.5. The van der Waals surface area contributed by atoms with E-state index in [1.165, 1.54) is 22.4 Å². The maximum Gasteiger partial charge on any atom is 0.187 e. The van der Waals surface area contributed by atoms with Crippen LogP contribution in [-0.4, -0.2) is 18.8 Å². The minimum atomic E-state index is 0.681. The second-order valence-corrected chi connectivity index (χ2v) is 5.93.